The number of amides is 2. The molecule has 144 valence electrons. The summed E-state index contributed by atoms with van der Waals surface area (Å²) in [7, 11) is 0. The van der Waals surface area contributed by atoms with Crippen molar-refractivity contribution in [2.24, 2.45) is 0 Å². The summed E-state index contributed by atoms with van der Waals surface area (Å²) < 4.78 is 74.0. The molecule has 2 aromatic carbocycles. The molecular formula is C17H12F6N2O2. The van der Waals surface area contributed by atoms with Gasteiger partial charge in [-0.3, -0.25) is 9.59 Å². The van der Waals surface area contributed by atoms with Gasteiger partial charge in [0.2, 0.25) is 0 Å². The zero-order chi connectivity index (χ0) is 20.2. The Morgan fingerprint density at radius 1 is 0.889 bits per heavy atom. The molecule has 2 amide bonds. The van der Waals surface area contributed by atoms with E-state index >= 15 is 0 Å². The molecule has 0 spiro atoms. The molecule has 0 unspecified atom stereocenters. The lowest BCUT2D eigenvalue weighted by molar-refractivity contribution is -0.173. The molecule has 0 saturated heterocycles. The highest BCUT2D eigenvalue weighted by atomic mass is 19.4. The van der Waals surface area contributed by atoms with Crippen LogP contribution in [0.2, 0.25) is 0 Å². The van der Waals surface area contributed by atoms with Crippen LogP contribution in [-0.4, -0.2) is 18.0 Å². The zero-order valence-corrected chi connectivity index (χ0v) is 13.4. The Bertz CT molecular complexity index is 829. The molecule has 0 aliphatic heterocycles. The van der Waals surface area contributed by atoms with E-state index in [4.69, 9.17) is 0 Å². The molecule has 0 heterocycles. The van der Waals surface area contributed by atoms with Gasteiger partial charge in [-0.05, 0) is 42.0 Å². The highest BCUT2D eigenvalue weighted by Gasteiger charge is 2.38. The maximum atomic E-state index is 12.5. The maximum Gasteiger partial charge on any atom is 0.471 e. The molecule has 4 nitrogen and oxygen atoms in total. The predicted octanol–water partition coefficient (Wildman–Crippen LogP) is 4.14. The van der Waals surface area contributed by atoms with Gasteiger partial charge in [0.1, 0.15) is 0 Å². The highest BCUT2D eigenvalue weighted by molar-refractivity contribution is 6.04. The maximum absolute atomic E-state index is 12.5. The van der Waals surface area contributed by atoms with Crippen molar-refractivity contribution in [3.63, 3.8) is 0 Å². The van der Waals surface area contributed by atoms with Crippen LogP contribution in [0.3, 0.4) is 0 Å². The SMILES string of the molecule is O=C(Nc1cccc(CNC(=O)C(F)(F)F)c1)c1ccc(C(F)(F)F)cc1. The summed E-state index contributed by atoms with van der Waals surface area (Å²) in [5.41, 5.74) is -0.434. The van der Waals surface area contributed by atoms with Gasteiger partial charge in [-0.1, -0.05) is 12.1 Å². The molecule has 0 radical (unpaired) electrons. The number of alkyl halides is 6. The number of nitrogens with one attached hydrogen (secondary N) is 2. The van der Waals surface area contributed by atoms with Crippen molar-refractivity contribution in [3.8, 4) is 0 Å². The van der Waals surface area contributed by atoms with Gasteiger partial charge in [-0.25, -0.2) is 0 Å². The number of carbonyl (C=O) groups excluding carboxylic acids is 2. The Morgan fingerprint density at radius 3 is 2.07 bits per heavy atom. The highest BCUT2D eigenvalue weighted by Crippen LogP contribution is 2.29. The fourth-order valence-corrected chi connectivity index (χ4v) is 2.06. The number of rotatable bonds is 4. The van der Waals surface area contributed by atoms with Crippen LogP contribution in [0, 0.1) is 0 Å². The van der Waals surface area contributed by atoms with Crippen LogP contribution in [0.5, 0.6) is 0 Å². The molecule has 2 rings (SSSR count). The number of hydrogen-bond donors (Lipinski definition) is 2. The molecular weight excluding hydrogens is 378 g/mol. The van der Waals surface area contributed by atoms with Crippen LogP contribution in [0.1, 0.15) is 21.5 Å². The number of benzene rings is 2. The monoisotopic (exact) mass is 390 g/mol. The lowest BCUT2D eigenvalue weighted by Crippen LogP contribution is -2.36. The Labute approximate surface area is 149 Å². The summed E-state index contributed by atoms with van der Waals surface area (Å²) in [6, 6.07) is 9.19. The second-order valence-electron chi connectivity index (χ2n) is 5.41. The first-order valence-corrected chi connectivity index (χ1v) is 7.39. The van der Waals surface area contributed by atoms with E-state index in [9.17, 15) is 35.9 Å². The van der Waals surface area contributed by atoms with Gasteiger partial charge in [-0.2, -0.15) is 26.3 Å². The topological polar surface area (TPSA) is 58.2 Å². The summed E-state index contributed by atoms with van der Waals surface area (Å²) in [6.07, 6.45) is -9.53. The average Bonchev–Trinajstić information content (AvgIpc) is 2.58. The summed E-state index contributed by atoms with van der Waals surface area (Å²) in [4.78, 5) is 22.9. The van der Waals surface area contributed by atoms with Crippen LogP contribution in [0.4, 0.5) is 32.0 Å². The Morgan fingerprint density at radius 2 is 1.52 bits per heavy atom. The molecule has 10 heteroatoms. The average molecular weight is 390 g/mol. The van der Waals surface area contributed by atoms with E-state index in [2.05, 4.69) is 5.32 Å². The molecule has 2 N–H and O–H groups in total. The number of halogens is 6. The van der Waals surface area contributed by atoms with E-state index in [1.807, 2.05) is 0 Å². The van der Waals surface area contributed by atoms with Gasteiger partial charge >= 0.3 is 18.3 Å². The fraction of sp³-hybridized carbons (Fsp3) is 0.176. The summed E-state index contributed by atoms with van der Waals surface area (Å²) >= 11 is 0. The van der Waals surface area contributed by atoms with Crippen molar-refractivity contribution in [2.45, 2.75) is 18.9 Å². The molecule has 27 heavy (non-hydrogen) atoms. The summed E-state index contributed by atoms with van der Waals surface area (Å²) in [5, 5.41) is 4.11. The lowest BCUT2D eigenvalue weighted by atomic mass is 10.1. The predicted molar refractivity (Wildman–Crippen MR) is 83.7 cm³/mol. The zero-order valence-electron chi connectivity index (χ0n) is 13.4. The van der Waals surface area contributed by atoms with E-state index < -0.39 is 36.3 Å². The normalized spacial score (nSPS) is 11.8. The Kier molecular flexibility index (Phi) is 5.77. The van der Waals surface area contributed by atoms with Crippen molar-refractivity contribution in [1.82, 2.24) is 5.32 Å². The van der Waals surface area contributed by atoms with E-state index in [0.717, 1.165) is 24.3 Å². The number of carbonyl (C=O) groups is 2. The van der Waals surface area contributed by atoms with E-state index in [0.29, 0.717) is 0 Å². The molecule has 0 saturated carbocycles. The molecule has 0 atom stereocenters. The minimum absolute atomic E-state index is 0.0289. The van der Waals surface area contributed by atoms with Crippen molar-refractivity contribution in [1.29, 1.82) is 0 Å². The first kappa shape index (κ1) is 20.3. The molecule has 0 fully saturated rings. The second kappa shape index (κ2) is 7.68. The third-order valence-corrected chi connectivity index (χ3v) is 3.37. The number of anilines is 1. The van der Waals surface area contributed by atoms with Gasteiger partial charge in [-0.15, -0.1) is 0 Å². The molecule has 0 bridgehead atoms. The van der Waals surface area contributed by atoms with Gasteiger partial charge in [0.25, 0.3) is 5.91 Å². The van der Waals surface area contributed by atoms with Gasteiger partial charge in [0, 0.05) is 17.8 Å². The van der Waals surface area contributed by atoms with E-state index in [-0.39, 0.29) is 16.8 Å². The minimum Gasteiger partial charge on any atom is -0.344 e. The van der Waals surface area contributed by atoms with Crippen molar-refractivity contribution in [3.05, 3.63) is 65.2 Å². The standard InChI is InChI=1S/C17H12F6N2O2/c18-16(19,20)12-6-4-11(5-7-12)14(26)25-13-3-1-2-10(8-13)9-24-15(27)17(21,22)23/h1-8H,9H2,(H,24,27)(H,25,26). The first-order valence-electron chi connectivity index (χ1n) is 7.39. The molecule has 0 aromatic heterocycles. The van der Waals surface area contributed by atoms with Gasteiger partial charge < -0.3 is 10.6 Å². The summed E-state index contributed by atoms with van der Waals surface area (Å²) in [6.45, 7) is -0.414. The Hall–Kier alpha value is -3.04. The third-order valence-electron chi connectivity index (χ3n) is 3.37. The van der Waals surface area contributed by atoms with E-state index in [1.54, 1.807) is 5.32 Å². The fourth-order valence-electron chi connectivity index (χ4n) is 2.06. The third kappa shape index (κ3) is 5.73. The van der Waals surface area contributed by atoms with Crippen LogP contribution >= 0.6 is 0 Å². The lowest BCUT2D eigenvalue weighted by Gasteiger charge is -2.10. The van der Waals surface area contributed by atoms with Crippen molar-refractivity contribution in [2.75, 3.05) is 5.32 Å². The van der Waals surface area contributed by atoms with Crippen LogP contribution in [0.25, 0.3) is 0 Å². The summed E-state index contributed by atoms with van der Waals surface area (Å²) in [5.74, 6) is -2.79. The molecule has 2 aromatic rings. The minimum atomic E-state index is -5.01. The largest absolute Gasteiger partial charge is 0.471 e. The smallest absolute Gasteiger partial charge is 0.344 e. The van der Waals surface area contributed by atoms with Crippen molar-refractivity contribution < 1.29 is 35.9 Å². The van der Waals surface area contributed by atoms with Gasteiger partial charge in [0.05, 0.1) is 5.56 Å². The van der Waals surface area contributed by atoms with Crippen LogP contribution in [0.15, 0.2) is 48.5 Å². The molecule has 0 aliphatic rings. The quantitative estimate of drug-likeness (QED) is 0.772. The Balaban J connectivity index is 2.03. The second-order valence-corrected chi connectivity index (χ2v) is 5.41. The van der Waals surface area contributed by atoms with Crippen LogP contribution in [-0.2, 0) is 17.5 Å². The molecule has 0 aliphatic carbocycles. The van der Waals surface area contributed by atoms with Crippen LogP contribution < -0.4 is 10.6 Å². The van der Waals surface area contributed by atoms with Crippen molar-refractivity contribution >= 4 is 17.5 Å². The first-order chi connectivity index (χ1) is 12.5. The van der Waals surface area contributed by atoms with Gasteiger partial charge in [0.15, 0.2) is 0 Å². The number of hydrogen-bond acceptors (Lipinski definition) is 2. The van der Waals surface area contributed by atoms with E-state index in [1.165, 1.54) is 24.3 Å².